The average Bonchev–Trinajstić information content (AvgIpc) is 2.83. The molecule has 0 aromatic heterocycles. The van der Waals surface area contributed by atoms with E-state index in [9.17, 15) is 14.9 Å². The fraction of sp³-hybridized carbons (Fsp3) is 0.115. The van der Waals surface area contributed by atoms with E-state index in [0.29, 0.717) is 32.9 Å². The first-order valence-electron chi connectivity index (χ1n) is 10.2. The Bertz CT molecular complexity index is 1260. The summed E-state index contributed by atoms with van der Waals surface area (Å²) in [5, 5.41) is 14.9. The number of para-hydroxylation sites is 1. The standard InChI is InChI=1S/C26H22BrN3O4/c1-17-5-3-4-6-23(17)30-26(32)19(15-28)13-18-7-12-24(22(27)14-18)34-16-25(31)29-20-8-10-21(33-2)11-9-20/h3-14H,16H2,1-2H3,(H,29,31)(H,30,32)/b19-13-. The summed E-state index contributed by atoms with van der Waals surface area (Å²) in [4.78, 5) is 24.7. The Morgan fingerprint density at radius 2 is 1.79 bits per heavy atom. The Morgan fingerprint density at radius 3 is 2.44 bits per heavy atom. The molecule has 0 saturated carbocycles. The molecular formula is C26H22BrN3O4. The molecule has 0 atom stereocenters. The number of rotatable bonds is 8. The van der Waals surface area contributed by atoms with Gasteiger partial charge >= 0.3 is 0 Å². The molecule has 3 aromatic rings. The fourth-order valence-corrected chi connectivity index (χ4v) is 3.47. The number of carbonyl (C=O) groups excluding carboxylic acids is 2. The summed E-state index contributed by atoms with van der Waals surface area (Å²) in [5.74, 6) is 0.327. The number of ether oxygens (including phenoxy) is 2. The molecule has 2 N–H and O–H groups in total. The number of amides is 2. The van der Waals surface area contributed by atoms with Gasteiger partial charge in [-0.05, 0) is 82.5 Å². The second-order valence-electron chi connectivity index (χ2n) is 7.19. The summed E-state index contributed by atoms with van der Waals surface area (Å²) in [6.07, 6.45) is 1.48. The lowest BCUT2D eigenvalue weighted by Gasteiger charge is -2.10. The molecule has 0 aliphatic carbocycles. The maximum Gasteiger partial charge on any atom is 0.266 e. The Balaban J connectivity index is 1.62. The normalized spacial score (nSPS) is 10.7. The minimum absolute atomic E-state index is 0.0392. The molecule has 0 heterocycles. The first kappa shape index (κ1) is 24.6. The summed E-state index contributed by atoms with van der Waals surface area (Å²) >= 11 is 3.41. The Hall–Kier alpha value is -4.09. The number of benzene rings is 3. The van der Waals surface area contributed by atoms with Gasteiger partial charge in [0.1, 0.15) is 23.1 Å². The molecule has 0 fully saturated rings. The molecule has 2 amide bonds. The van der Waals surface area contributed by atoms with Crippen molar-refractivity contribution in [3.63, 3.8) is 0 Å². The average molecular weight is 520 g/mol. The summed E-state index contributed by atoms with van der Waals surface area (Å²) in [6, 6.07) is 21.3. The molecule has 172 valence electrons. The van der Waals surface area contributed by atoms with E-state index in [1.54, 1.807) is 55.6 Å². The number of anilines is 2. The van der Waals surface area contributed by atoms with Crippen LogP contribution in [0.2, 0.25) is 0 Å². The number of hydrogen-bond donors (Lipinski definition) is 2. The summed E-state index contributed by atoms with van der Waals surface area (Å²) in [6.45, 7) is 1.68. The molecule has 0 saturated heterocycles. The number of hydrogen-bond acceptors (Lipinski definition) is 5. The highest BCUT2D eigenvalue weighted by Gasteiger charge is 2.12. The van der Waals surface area contributed by atoms with E-state index in [4.69, 9.17) is 9.47 Å². The smallest absolute Gasteiger partial charge is 0.266 e. The monoisotopic (exact) mass is 519 g/mol. The number of nitrogens with one attached hydrogen (secondary N) is 2. The first-order chi connectivity index (χ1) is 16.4. The minimum Gasteiger partial charge on any atom is -0.497 e. The zero-order valence-corrected chi connectivity index (χ0v) is 20.2. The van der Waals surface area contributed by atoms with Crippen LogP contribution in [0.4, 0.5) is 11.4 Å². The van der Waals surface area contributed by atoms with Crippen LogP contribution in [0.1, 0.15) is 11.1 Å². The van der Waals surface area contributed by atoms with Crippen LogP contribution in [0, 0.1) is 18.3 Å². The van der Waals surface area contributed by atoms with Gasteiger partial charge in [-0.25, -0.2) is 0 Å². The van der Waals surface area contributed by atoms with Gasteiger partial charge in [0.2, 0.25) is 0 Å². The highest BCUT2D eigenvalue weighted by molar-refractivity contribution is 9.10. The lowest BCUT2D eigenvalue weighted by molar-refractivity contribution is -0.118. The summed E-state index contributed by atoms with van der Waals surface area (Å²) in [7, 11) is 1.57. The SMILES string of the molecule is COc1ccc(NC(=O)COc2ccc(/C=C(/C#N)C(=O)Nc3ccccc3C)cc2Br)cc1. The van der Waals surface area contributed by atoms with E-state index >= 15 is 0 Å². The van der Waals surface area contributed by atoms with Crippen molar-refractivity contribution in [2.24, 2.45) is 0 Å². The van der Waals surface area contributed by atoms with Crippen LogP contribution in [-0.4, -0.2) is 25.5 Å². The van der Waals surface area contributed by atoms with Gasteiger partial charge in [-0.2, -0.15) is 5.26 Å². The van der Waals surface area contributed by atoms with Crippen LogP contribution in [-0.2, 0) is 9.59 Å². The predicted octanol–water partition coefficient (Wildman–Crippen LogP) is 5.33. The highest BCUT2D eigenvalue weighted by Crippen LogP contribution is 2.27. The predicted molar refractivity (Wildman–Crippen MR) is 135 cm³/mol. The number of carbonyl (C=O) groups is 2. The molecule has 3 rings (SSSR count). The molecule has 34 heavy (non-hydrogen) atoms. The Morgan fingerprint density at radius 1 is 1.06 bits per heavy atom. The van der Waals surface area contributed by atoms with Gasteiger partial charge in [0.15, 0.2) is 6.61 Å². The third-order valence-electron chi connectivity index (χ3n) is 4.76. The minimum atomic E-state index is -0.497. The van der Waals surface area contributed by atoms with Gasteiger partial charge in [0.25, 0.3) is 11.8 Å². The Kier molecular flexibility index (Phi) is 8.43. The van der Waals surface area contributed by atoms with Crippen molar-refractivity contribution in [1.82, 2.24) is 0 Å². The second-order valence-corrected chi connectivity index (χ2v) is 8.05. The van der Waals surface area contributed by atoms with Crippen LogP contribution < -0.4 is 20.1 Å². The molecule has 7 nitrogen and oxygen atoms in total. The van der Waals surface area contributed by atoms with E-state index in [2.05, 4.69) is 26.6 Å². The van der Waals surface area contributed by atoms with Crippen molar-refractivity contribution in [3.05, 3.63) is 87.9 Å². The summed E-state index contributed by atoms with van der Waals surface area (Å²) < 4.78 is 11.3. The van der Waals surface area contributed by atoms with Crippen molar-refractivity contribution in [3.8, 4) is 17.6 Å². The van der Waals surface area contributed by atoms with Gasteiger partial charge in [0.05, 0.1) is 11.6 Å². The van der Waals surface area contributed by atoms with E-state index in [1.807, 2.05) is 31.2 Å². The number of nitriles is 1. The van der Waals surface area contributed by atoms with Crippen molar-refractivity contribution in [2.75, 3.05) is 24.4 Å². The van der Waals surface area contributed by atoms with E-state index < -0.39 is 5.91 Å². The zero-order chi connectivity index (χ0) is 24.5. The second kappa shape index (κ2) is 11.7. The van der Waals surface area contributed by atoms with E-state index in [-0.39, 0.29) is 18.1 Å². The maximum absolute atomic E-state index is 12.5. The van der Waals surface area contributed by atoms with Crippen molar-refractivity contribution in [2.45, 2.75) is 6.92 Å². The largest absolute Gasteiger partial charge is 0.497 e. The molecule has 0 spiro atoms. The van der Waals surface area contributed by atoms with Gasteiger partial charge in [-0.3, -0.25) is 9.59 Å². The van der Waals surface area contributed by atoms with Crippen LogP contribution in [0.5, 0.6) is 11.5 Å². The van der Waals surface area contributed by atoms with Crippen molar-refractivity contribution in [1.29, 1.82) is 5.26 Å². The highest BCUT2D eigenvalue weighted by atomic mass is 79.9. The topological polar surface area (TPSA) is 100 Å². The van der Waals surface area contributed by atoms with Gasteiger partial charge in [-0.1, -0.05) is 24.3 Å². The maximum atomic E-state index is 12.5. The Labute approximate surface area is 206 Å². The number of halogens is 1. The van der Waals surface area contributed by atoms with Crippen LogP contribution >= 0.6 is 15.9 Å². The number of aryl methyl sites for hydroxylation is 1. The molecule has 0 aliphatic heterocycles. The van der Waals surface area contributed by atoms with Crippen molar-refractivity contribution >= 4 is 45.2 Å². The van der Waals surface area contributed by atoms with Gasteiger partial charge in [0, 0.05) is 11.4 Å². The molecular weight excluding hydrogens is 498 g/mol. The molecule has 8 heteroatoms. The molecule has 0 radical (unpaired) electrons. The van der Waals surface area contributed by atoms with E-state index in [0.717, 1.165) is 5.56 Å². The summed E-state index contributed by atoms with van der Waals surface area (Å²) in [5.41, 5.74) is 2.75. The van der Waals surface area contributed by atoms with Crippen LogP contribution in [0.3, 0.4) is 0 Å². The third-order valence-corrected chi connectivity index (χ3v) is 5.38. The molecule has 3 aromatic carbocycles. The zero-order valence-electron chi connectivity index (χ0n) is 18.6. The van der Waals surface area contributed by atoms with Gasteiger partial charge < -0.3 is 20.1 Å². The van der Waals surface area contributed by atoms with Crippen LogP contribution in [0.15, 0.2) is 76.8 Å². The van der Waals surface area contributed by atoms with E-state index in [1.165, 1.54) is 6.08 Å². The fourth-order valence-electron chi connectivity index (χ4n) is 2.96. The van der Waals surface area contributed by atoms with Crippen molar-refractivity contribution < 1.29 is 19.1 Å². The molecule has 0 bridgehead atoms. The molecule has 0 aliphatic rings. The quantitative estimate of drug-likeness (QED) is 0.309. The van der Waals surface area contributed by atoms with Gasteiger partial charge in [-0.15, -0.1) is 0 Å². The number of nitrogens with zero attached hydrogens (tertiary/aromatic N) is 1. The van der Waals surface area contributed by atoms with Crippen LogP contribution in [0.25, 0.3) is 6.08 Å². The molecule has 0 unspecified atom stereocenters. The lowest BCUT2D eigenvalue weighted by atomic mass is 10.1. The number of methoxy groups -OCH3 is 1. The third kappa shape index (κ3) is 6.70. The lowest BCUT2D eigenvalue weighted by Crippen LogP contribution is -2.20. The first-order valence-corrected chi connectivity index (χ1v) is 11.0.